The minimum absolute atomic E-state index is 0.0215. The summed E-state index contributed by atoms with van der Waals surface area (Å²) in [6, 6.07) is 1.11. The first kappa shape index (κ1) is 14.5. The largest absolute Gasteiger partial charge is 0.439 e. The Hall–Kier alpha value is -1.93. The van der Waals surface area contributed by atoms with Crippen molar-refractivity contribution in [1.29, 1.82) is 0 Å². The Labute approximate surface area is 108 Å². The third-order valence-electron chi connectivity index (χ3n) is 2.66. The van der Waals surface area contributed by atoms with Crippen molar-refractivity contribution in [3.63, 3.8) is 0 Å². The van der Waals surface area contributed by atoms with E-state index in [0.29, 0.717) is 12.1 Å². The third kappa shape index (κ3) is 2.97. The Kier molecular flexibility index (Phi) is 3.31. The fourth-order valence-electron chi connectivity index (χ4n) is 1.74. The predicted octanol–water partition coefficient (Wildman–Crippen LogP) is 3.51. The number of hydrogen-bond acceptors (Lipinski definition) is 2. The second-order valence-electron chi connectivity index (χ2n) is 4.11. The van der Waals surface area contributed by atoms with Crippen molar-refractivity contribution in [2.75, 3.05) is 6.54 Å². The van der Waals surface area contributed by atoms with E-state index in [4.69, 9.17) is 0 Å². The number of nitrogens with one attached hydrogen (secondary N) is 1. The normalized spacial score (nSPS) is 19.7. The molecule has 1 fully saturated rings. The van der Waals surface area contributed by atoms with Gasteiger partial charge in [0.05, 0.1) is 17.7 Å². The molecule has 9 heteroatoms. The van der Waals surface area contributed by atoms with Gasteiger partial charge in [-0.3, -0.25) is 0 Å². The first-order chi connectivity index (χ1) is 9.07. The maximum Gasteiger partial charge on any atom is 0.416 e. The van der Waals surface area contributed by atoms with Gasteiger partial charge in [-0.25, -0.2) is 4.79 Å². The number of hydrogen-bond donors (Lipinski definition) is 1. The molecule has 0 spiro atoms. The molecule has 0 bridgehead atoms. The molecule has 110 valence electrons. The quantitative estimate of drug-likeness (QED) is 0.806. The van der Waals surface area contributed by atoms with Gasteiger partial charge in [-0.15, -0.1) is 0 Å². The maximum atomic E-state index is 12.6. The summed E-state index contributed by atoms with van der Waals surface area (Å²) in [6.45, 7) is -0.183. The summed E-state index contributed by atoms with van der Waals surface area (Å²) < 4.78 is 80.3. The molecule has 0 saturated carbocycles. The molecule has 3 nitrogen and oxygen atoms in total. The van der Waals surface area contributed by atoms with Gasteiger partial charge in [0.15, 0.2) is 0 Å². The summed E-state index contributed by atoms with van der Waals surface area (Å²) in [7, 11) is 0. The van der Waals surface area contributed by atoms with Crippen LogP contribution in [0.3, 0.4) is 0 Å². The lowest BCUT2D eigenvalue weighted by molar-refractivity contribution is -0.143. The molecule has 1 unspecified atom stereocenters. The first-order valence-electron chi connectivity index (χ1n) is 5.31. The lowest BCUT2D eigenvalue weighted by Gasteiger charge is -2.16. The van der Waals surface area contributed by atoms with E-state index in [-0.39, 0.29) is 18.2 Å². The summed E-state index contributed by atoms with van der Waals surface area (Å²) in [5.41, 5.74) is -3.24. The molecule has 1 heterocycles. The second kappa shape index (κ2) is 4.57. The van der Waals surface area contributed by atoms with Gasteiger partial charge in [0, 0.05) is 0 Å². The Morgan fingerprint density at radius 1 is 1.00 bits per heavy atom. The minimum Gasteiger partial charge on any atom is -0.439 e. The highest BCUT2D eigenvalue weighted by Gasteiger charge is 2.38. The van der Waals surface area contributed by atoms with E-state index in [0.717, 1.165) is 0 Å². The van der Waals surface area contributed by atoms with Crippen LogP contribution in [0.25, 0.3) is 0 Å². The number of alkyl halides is 6. The van der Waals surface area contributed by atoms with Crippen LogP contribution in [0.4, 0.5) is 31.1 Å². The molecule has 1 aromatic rings. The van der Waals surface area contributed by atoms with E-state index in [2.05, 4.69) is 10.1 Å². The molecule has 1 aliphatic rings. The van der Waals surface area contributed by atoms with Gasteiger partial charge < -0.3 is 10.1 Å². The number of benzene rings is 1. The first-order valence-corrected chi connectivity index (χ1v) is 5.31. The van der Waals surface area contributed by atoms with Gasteiger partial charge in [0.2, 0.25) is 0 Å². The van der Waals surface area contributed by atoms with Crippen molar-refractivity contribution in [2.24, 2.45) is 0 Å². The van der Waals surface area contributed by atoms with Crippen LogP contribution in [0, 0.1) is 0 Å². The van der Waals surface area contributed by atoms with Crippen molar-refractivity contribution in [2.45, 2.75) is 18.5 Å². The van der Waals surface area contributed by atoms with Gasteiger partial charge >= 0.3 is 18.4 Å². The monoisotopic (exact) mass is 299 g/mol. The van der Waals surface area contributed by atoms with E-state index >= 15 is 0 Å². The van der Waals surface area contributed by atoms with Crippen molar-refractivity contribution in [3.05, 3.63) is 34.9 Å². The molecule has 0 radical (unpaired) electrons. The van der Waals surface area contributed by atoms with E-state index in [9.17, 15) is 31.1 Å². The second-order valence-corrected chi connectivity index (χ2v) is 4.11. The highest BCUT2D eigenvalue weighted by molar-refractivity contribution is 5.69. The van der Waals surface area contributed by atoms with Crippen LogP contribution in [0.15, 0.2) is 18.2 Å². The number of halogens is 6. The standard InChI is InChI=1S/C11H7F6NO2/c12-10(13,14)6-1-5(8-4-18-9(19)20-8)2-7(3-6)11(15,16)17/h1-3,8H,4H2,(H,18,19). The molecule has 1 aromatic carbocycles. The SMILES string of the molecule is O=C1NCC(c2cc(C(F)(F)F)cc(C(F)(F)F)c2)O1. The molecule has 2 rings (SSSR count). The summed E-state index contributed by atoms with van der Waals surface area (Å²) in [5.74, 6) is 0. The van der Waals surface area contributed by atoms with Crippen LogP contribution >= 0.6 is 0 Å². The van der Waals surface area contributed by atoms with Crippen LogP contribution in [0.1, 0.15) is 22.8 Å². The number of carbonyl (C=O) groups is 1. The summed E-state index contributed by atoms with van der Waals surface area (Å²) in [5, 5.41) is 2.16. The number of carbonyl (C=O) groups excluding carboxylic acids is 1. The van der Waals surface area contributed by atoms with Crippen LogP contribution in [0.5, 0.6) is 0 Å². The molecule has 1 aliphatic heterocycles. The predicted molar refractivity (Wildman–Crippen MR) is 53.7 cm³/mol. The molecule has 1 amide bonds. The molecule has 1 N–H and O–H groups in total. The Morgan fingerprint density at radius 2 is 1.50 bits per heavy atom. The van der Waals surface area contributed by atoms with E-state index in [1.54, 1.807) is 0 Å². The Balaban J connectivity index is 2.49. The highest BCUT2D eigenvalue weighted by Crippen LogP contribution is 2.38. The zero-order valence-electron chi connectivity index (χ0n) is 9.60. The van der Waals surface area contributed by atoms with Crippen LogP contribution < -0.4 is 5.32 Å². The Morgan fingerprint density at radius 3 is 1.85 bits per heavy atom. The number of cyclic esters (lactones) is 1. The lowest BCUT2D eigenvalue weighted by atomic mass is 10.0. The zero-order chi connectivity index (χ0) is 15.1. The van der Waals surface area contributed by atoms with Crippen molar-refractivity contribution >= 4 is 6.09 Å². The van der Waals surface area contributed by atoms with Crippen LogP contribution in [0.2, 0.25) is 0 Å². The fourth-order valence-corrected chi connectivity index (χ4v) is 1.74. The molecule has 0 aromatic heterocycles. The topological polar surface area (TPSA) is 38.3 Å². The highest BCUT2D eigenvalue weighted by atomic mass is 19.4. The average molecular weight is 299 g/mol. The molecule has 0 aliphatic carbocycles. The van der Waals surface area contributed by atoms with Gasteiger partial charge in [-0.2, -0.15) is 26.3 Å². The number of alkyl carbamates (subject to hydrolysis) is 1. The minimum atomic E-state index is -4.92. The van der Waals surface area contributed by atoms with Gasteiger partial charge in [-0.05, 0) is 23.8 Å². The lowest BCUT2D eigenvalue weighted by Crippen LogP contribution is -2.14. The average Bonchev–Trinajstić information content (AvgIpc) is 2.73. The van der Waals surface area contributed by atoms with Crippen LogP contribution in [-0.4, -0.2) is 12.6 Å². The van der Waals surface area contributed by atoms with E-state index in [1.165, 1.54) is 0 Å². The summed E-state index contributed by atoms with van der Waals surface area (Å²) >= 11 is 0. The van der Waals surface area contributed by atoms with Crippen molar-refractivity contribution in [3.8, 4) is 0 Å². The third-order valence-corrected chi connectivity index (χ3v) is 2.66. The van der Waals surface area contributed by atoms with Crippen LogP contribution in [-0.2, 0) is 17.1 Å². The fraction of sp³-hybridized carbons (Fsp3) is 0.364. The summed E-state index contributed by atoms with van der Waals surface area (Å²) in [4.78, 5) is 10.8. The number of rotatable bonds is 1. The Bertz CT molecular complexity index is 504. The van der Waals surface area contributed by atoms with Crippen molar-refractivity contribution in [1.82, 2.24) is 5.32 Å². The van der Waals surface area contributed by atoms with E-state index < -0.39 is 35.7 Å². The number of ether oxygens (including phenoxy) is 1. The van der Waals surface area contributed by atoms with Gasteiger partial charge in [-0.1, -0.05) is 0 Å². The van der Waals surface area contributed by atoms with E-state index in [1.807, 2.05) is 0 Å². The van der Waals surface area contributed by atoms with Crippen molar-refractivity contribution < 1.29 is 35.9 Å². The smallest absolute Gasteiger partial charge is 0.416 e. The number of amides is 1. The van der Waals surface area contributed by atoms with Gasteiger partial charge in [0.25, 0.3) is 0 Å². The molecule has 1 saturated heterocycles. The molecular formula is C11H7F6NO2. The molecular weight excluding hydrogens is 292 g/mol. The van der Waals surface area contributed by atoms with Gasteiger partial charge in [0.1, 0.15) is 6.10 Å². The maximum absolute atomic E-state index is 12.6. The molecule has 1 atom stereocenters. The zero-order valence-corrected chi connectivity index (χ0v) is 9.60. The molecule has 20 heavy (non-hydrogen) atoms. The summed E-state index contributed by atoms with van der Waals surface area (Å²) in [6.07, 6.45) is -11.9.